The second-order valence-corrected chi connectivity index (χ2v) is 13.4. The van der Waals surface area contributed by atoms with Crippen LogP contribution in [0.3, 0.4) is 0 Å². The number of aromatic nitrogens is 4. The predicted octanol–water partition coefficient (Wildman–Crippen LogP) is 13.0. The van der Waals surface area contributed by atoms with E-state index < -0.39 is 0 Å². The van der Waals surface area contributed by atoms with Crippen LogP contribution in [0.5, 0.6) is 0 Å². The van der Waals surface area contributed by atoms with E-state index in [1.165, 1.54) is 0 Å². The molecule has 4 heteroatoms. The van der Waals surface area contributed by atoms with Crippen LogP contribution in [0.1, 0.15) is 5.48 Å². The van der Waals surface area contributed by atoms with Crippen molar-refractivity contribution in [3.63, 3.8) is 0 Å². The average Bonchev–Trinajstić information content (AvgIpc) is 3.67. The van der Waals surface area contributed by atoms with Gasteiger partial charge in [0.1, 0.15) is 0 Å². The molecule has 258 valence electrons. The normalized spacial score (nSPS) is 12.3. The Balaban J connectivity index is 1.16. The molecule has 10 rings (SSSR count). The van der Waals surface area contributed by atoms with Gasteiger partial charge in [-0.15, -0.1) is 0 Å². The molecule has 0 saturated carbocycles. The van der Waals surface area contributed by atoms with Crippen LogP contribution >= 0.6 is 0 Å². The van der Waals surface area contributed by atoms with Crippen LogP contribution in [0.4, 0.5) is 0 Å². The van der Waals surface area contributed by atoms with Gasteiger partial charge < -0.3 is 4.57 Å². The summed E-state index contributed by atoms with van der Waals surface area (Å²) < 4.78 is 37.9. The van der Waals surface area contributed by atoms with Crippen molar-refractivity contribution in [1.82, 2.24) is 19.5 Å². The molecule has 0 fully saturated rings. The molecule has 8 aromatic carbocycles. The van der Waals surface area contributed by atoms with Crippen molar-refractivity contribution < 1.29 is 5.48 Å². The molecular weight excluding hydrogens is 669 g/mol. The molecule has 0 aliphatic carbocycles. The summed E-state index contributed by atoms with van der Waals surface area (Å²) in [5, 5.41) is 1.21. The highest BCUT2D eigenvalue weighted by atomic mass is 15.0. The Morgan fingerprint density at radius 3 is 1.55 bits per heavy atom. The third kappa shape index (κ3) is 6.06. The summed E-state index contributed by atoms with van der Waals surface area (Å²) in [6.07, 6.45) is 0. The lowest BCUT2D eigenvalue weighted by atomic mass is 9.97. The van der Waals surface area contributed by atoms with Gasteiger partial charge in [-0.1, -0.05) is 176 Å². The highest BCUT2D eigenvalue weighted by Gasteiger charge is 2.18. The molecule has 2 aromatic heterocycles. The molecule has 55 heavy (non-hydrogen) atoms. The second-order valence-electron chi connectivity index (χ2n) is 13.4. The molecule has 0 saturated heterocycles. The number of hydrogen-bond donors (Lipinski definition) is 0. The molecule has 0 aliphatic heterocycles. The van der Waals surface area contributed by atoms with Crippen LogP contribution in [-0.2, 0) is 0 Å². The lowest BCUT2D eigenvalue weighted by Gasteiger charge is -2.12. The summed E-state index contributed by atoms with van der Waals surface area (Å²) in [6, 6.07) is 59.9. The van der Waals surface area contributed by atoms with Crippen molar-refractivity contribution in [3.8, 4) is 73.2 Å². The summed E-state index contributed by atoms with van der Waals surface area (Å²) >= 11 is 0. The summed E-state index contributed by atoms with van der Waals surface area (Å²) in [4.78, 5) is 15.1. The van der Waals surface area contributed by atoms with E-state index in [0.717, 1.165) is 61.0 Å². The minimum atomic E-state index is -0.288. The summed E-state index contributed by atoms with van der Waals surface area (Å²) in [5.74, 6) is 1.55. The summed E-state index contributed by atoms with van der Waals surface area (Å²) in [6.45, 7) is 0. The molecule has 4 nitrogen and oxygen atoms in total. The zero-order valence-corrected chi connectivity index (χ0v) is 29.6. The fourth-order valence-corrected chi connectivity index (χ4v) is 7.35. The SMILES string of the molecule is [2H]c1c([2H])c([2H])c2c(c1[2H])c1c(-c3ccc(-c4ccccc4)cc3)cccc1n2-c1cccc(-c2nc(-c3ccccc3)nc(-c3cccc(-c4ccccc4)c3)n2)c1. The van der Waals surface area contributed by atoms with Crippen LogP contribution in [-0.4, -0.2) is 19.5 Å². The van der Waals surface area contributed by atoms with Crippen LogP contribution in [0, 0.1) is 0 Å². The number of fused-ring (bicyclic) bond motifs is 3. The van der Waals surface area contributed by atoms with Gasteiger partial charge in [-0.25, -0.2) is 15.0 Å². The topological polar surface area (TPSA) is 43.6 Å². The van der Waals surface area contributed by atoms with Crippen molar-refractivity contribution in [1.29, 1.82) is 0 Å². The van der Waals surface area contributed by atoms with Crippen LogP contribution in [0.15, 0.2) is 206 Å². The molecule has 10 aromatic rings. The number of hydrogen-bond acceptors (Lipinski definition) is 3. The highest BCUT2D eigenvalue weighted by Crippen LogP contribution is 2.39. The Labute approximate surface area is 325 Å². The van der Waals surface area contributed by atoms with Crippen molar-refractivity contribution in [2.24, 2.45) is 0 Å². The minimum Gasteiger partial charge on any atom is -0.309 e. The fourth-order valence-electron chi connectivity index (χ4n) is 7.35. The lowest BCUT2D eigenvalue weighted by molar-refractivity contribution is 1.07. The Morgan fingerprint density at radius 2 is 0.855 bits per heavy atom. The van der Waals surface area contributed by atoms with E-state index in [0.29, 0.717) is 34.1 Å². The van der Waals surface area contributed by atoms with Gasteiger partial charge in [0, 0.05) is 33.2 Å². The molecular formula is C51H34N4. The van der Waals surface area contributed by atoms with Gasteiger partial charge >= 0.3 is 0 Å². The largest absolute Gasteiger partial charge is 0.309 e. The molecule has 0 N–H and O–H groups in total. The fraction of sp³-hybridized carbons (Fsp3) is 0. The zero-order chi connectivity index (χ0) is 40.0. The first-order chi connectivity index (χ1) is 28.9. The number of para-hydroxylation sites is 1. The van der Waals surface area contributed by atoms with Gasteiger partial charge in [0.2, 0.25) is 0 Å². The van der Waals surface area contributed by atoms with Crippen molar-refractivity contribution in [3.05, 3.63) is 206 Å². The van der Waals surface area contributed by atoms with E-state index >= 15 is 0 Å². The van der Waals surface area contributed by atoms with Gasteiger partial charge in [0.15, 0.2) is 17.5 Å². The Hall–Kier alpha value is -7.43. The Kier molecular flexibility index (Phi) is 7.08. The Bertz CT molecular complexity index is 3190. The second kappa shape index (κ2) is 13.8. The molecule has 0 aliphatic rings. The maximum Gasteiger partial charge on any atom is 0.164 e. The molecule has 0 bridgehead atoms. The van der Waals surface area contributed by atoms with Crippen LogP contribution in [0.2, 0.25) is 0 Å². The molecule has 0 radical (unpaired) electrons. The first kappa shape index (κ1) is 28.1. The molecule has 0 unspecified atom stereocenters. The van der Waals surface area contributed by atoms with Gasteiger partial charge in [-0.2, -0.15) is 0 Å². The zero-order valence-electron chi connectivity index (χ0n) is 33.6. The maximum atomic E-state index is 9.25. The monoisotopic (exact) mass is 706 g/mol. The minimum absolute atomic E-state index is 0.0818. The van der Waals surface area contributed by atoms with E-state index in [-0.39, 0.29) is 24.2 Å². The van der Waals surface area contributed by atoms with Crippen LogP contribution in [0.25, 0.3) is 95.0 Å². The molecule has 2 heterocycles. The van der Waals surface area contributed by atoms with Crippen molar-refractivity contribution in [2.75, 3.05) is 0 Å². The third-order valence-corrected chi connectivity index (χ3v) is 9.99. The van der Waals surface area contributed by atoms with Crippen molar-refractivity contribution >= 4 is 21.8 Å². The third-order valence-electron chi connectivity index (χ3n) is 9.99. The standard InChI is InChI=1S/C51H34N4/c1-4-15-35(16-5-1)37-29-31-38(32-30-37)44-26-14-28-47-48(44)45-25-10-11-27-46(45)55(47)43-24-13-23-42(34-43)51-53-49(39-19-8-3-9-20-39)52-50(54-51)41-22-12-21-40(33-41)36-17-6-2-7-18-36/h1-34H/i10D,11D,25D,27D. The van der Waals surface area contributed by atoms with Gasteiger partial charge in [0.05, 0.1) is 16.5 Å². The first-order valence-electron chi connectivity index (χ1n) is 20.2. The summed E-state index contributed by atoms with van der Waals surface area (Å²) in [5.41, 5.74) is 10.5. The quantitative estimate of drug-likeness (QED) is 0.166. The van der Waals surface area contributed by atoms with Gasteiger partial charge in [-0.3, -0.25) is 0 Å². The van der Waals surface area contributed by atoms with E-state index in [1.807, 2.05) is 126 Å². The van der Waals surface area contributed by atoms with Crippen LogP contribution < -0.4 is 0 Å². The Morgan fingerprint density at radius 1 is 0.364 bits per heavy atom. The average molecular weight is 707 g/mol. The van der Waals surface area contributed by atoms with E-state index in [9.17, 15) is 2.74 Å². The highest BCUT2D eigenvalue weighted by molar-refractivity contribution is 6.15. The number of rotatable bonds is 7. The molecule has 0 atom stereocenters. The smallest absolute Gasteiger partial charge is 0.164 e. The van der Waals surface area contributed by atoms with E-state index in [4.69, 9.17) is 17.7 Å². The van der Waals surface area contributed by atoms with Crippen molar-refractivity contribution in [2.45, 2.75) is 0 Å². The van der Waals surface area contributed by atoms with Gasteiger partial charge in [0.25, 0.3) is 0 Å². The van der Waals surface area contributed by atoms with E-state index in [1.54, 1.807) is 0 Å². The summed E-state index contributed by atoms with van der Waals surface area (Å²) in [7, 11) is 0. The predicted molar refractivity (Wildman–Crippen MR) is 227 cm³/mol. The number of benzene rings is 8. The lowest BCUT2D eigenvalue weighted by Crippen LogP contribution is -2.01. The maximum absolute atomic E-state index is 9.25. The number of nitrogens with zero attached hydrogens (tertiary/aromatic N) is 4. The first-order valence-corrected chi connectivity index (χ1v) is 18.2. The molecule has 0 amide bonds. The molecule has 0 spiro atoms. The van der Waals surface area contributed by atoms with Gasteiger partial charge in [-0.05, 0) is 63.7 Å². The van der Waals surface area contributed by atoms with E-state index in [2.05, 4.69) is 60.7 Å².